The van der Waals surface area contributed by atoms with Gasteiger partial charge >= 0.3 is 5.69 Å². The average Bonchev–Trinajstić information content (AvgIpc) is 3.44. The molecule has 0 spiro atoms. The number of carbonyl (C=O) groups excluding carboxylic acids is 1. The van der Waals surface area contributed by atoms with Crippen molar-refractivity contribution in [2.24, 2.45) is 0 Å². The monoisotopic (exact) mass is 419 g/mol. The first kappa shape index (κ1) is 18.3. The van der Waals surface area contributed by atoms with Crippen LogP contribution in [0.4, 0.5) is 5.69 Å². The fourth-order valence-electron chi connectivity index (χ4n) is 3.52. The van der Waals surface area contributed by atoms with Crippen LogP contribution in [0, 0.1) is 0 Å². The van der Waals surface area contributed by atoms with Gasteiger partial charge in [-0.3, -0.25) is 9.69 Å². The Balaban J connectivity index is 1.50. The Hall–Kier alpha value is -3.72. The zero-order valence-electron chi connectivity index (χ0n) is 15.8. The molecule has 30 heavy (non-hydrogen) atoms. The van der Waals surface area contributed by atoms with Crippen molar-refractivity contribution in [2.75, 3.05) is 11.5 Å². The molecule has 5 rings (SSSR count). The lowest BCUT2D eigenvalue weighted by atomic mass is 10.0. The zero-order chi connectivity index (χ0) is 20.5. The number of rotatable bonds is 4. The van der Waals surface area contributed by atoms with E-state index in [-0.39, 0.29) is 18.5 Å². The van der Waals surface area contributed by atoms with E-state index in [0.29, 0.717) is 23.0 Å². The van der Waals surface area contributed by atoms with Gasteiger partial charge in [-0.2, -0.15) is 9.36 Å². The van der Waals surface area contributed by atoms with Crippen LogP contribution < -0.4 is 15.3 Å². The minimum Gasteiger partial charge on any atom is -0.489 e. The minimum absolute atomic E-state index is 0.220. The molecule has 1 aliphatic heterocycles. The zero-order valence-corrected chi connectivity index (χ0v) is 16.6. The highest BCUT2D eigenvalue weighted by atomic mass is 32.1. The van der Waals surface area contributed by atoms with E-state index < -0.39 is 5.69 Å². The Kier molecular flexibility index (Phi) is 4.64. The topological polar surface area (TPSA) is 82.2 Å². The first-order valence-electron chi connectivity index (χ1n) is 9.38. The number of amides is 1. The summed E-state index contributed by atoms with van der Waals surface area (Å²) in [4.78, 5) is 27.8. The Bertz CT molecular complexity index is 1230. The van der Waals surface area contributed by atoms with Crippen LogP contribution in [0.1, 0.15) is 11.6 Å². The quantitative estimate of drug-likeness (QED) is 0.508. The maximum atomic E-state index is 13.4. The smallest absolute Gasteiger partial charge is 0.369 e. The molecule has 1 unspecified atom stereocenters. The number of aromatic nitrogens is 4. The molecule has 0 fully saturated rings. The molecule has 8 nitrogen and oxygen atoms in total. The lowest BCUT2D eigenvalue weighted by Gasteiger charge is -2.37. The third-order valence-electron chi connectivity index (χ3n) is 4.93. The van der Waals surface area contributed by atoms with Crippen LogP contribution in [0.5, 0.6) is 5.75 Å². The van der Waals surface area contributed by atoms with Crippen LogP contribution in [-0.4, -0.2) is 32.3 Å². The molecule has 150 valence electrons. The fraction of sp³-hybridized carbons (Fsp3) is 0.143. The van der Waals surface area contributed by atoms with E-state index in [1.807, 2.05) is 66.0 Å². The summed E-state index contributed by atoms with van der Waals surface area (Å²) in [6.45, 7) is 0.103. The van der Waals surface area contributed by atoms with Gasteiger partial charge in [0.25, 0.3) is 0 Å². The van der Waals surface area contributed by atoms with E-state index in [9.17, 15) is 9.59 Å². The lowest BCUT2D eigenvalue weighted by molar-refractivity contribution is -0.120. The summed E-state index contributed by atoms with van der Waals surface area (Å²) in [5.74, 6) is 0.368. The maximum absolute atomic E-state index is 13.4. The van der Waals surface area contributed by atoms with Gasteiger partial charge in [0.1, 0.15) is 23.9 Å². The number of hydrogen-bond donors (Lipinski definition) is 0. The summed E-state index contributed by atoms with van der Waals surface area (Å²) >= 11 is 1.37. The molecule has 0 bridgehead atoms. The van der Waals surface area contributed by atoms with Crippen molar-refractivity contribution in [3.63, 3.8) is 0 Å². The molecule has 2 aromatic heterocycles. The van der Waals surface area contributed by atoms with Crippen molar-refractivity contribution in [3.05, 3.63) is 88.2 Å². The predicted octanol–water partition coefficient (Wildman–Crippen LogP) is 2.66. The van der Waals surface area contributed by atoms with E-state index in [1.165, 1.54) is 16.0 Å². The fourth-order valence-corrected chi connectivity index (χ4v) is 4.19. The third kappa shape index (κ3) is 3.18. The number of carbonyl (C=O) groups is 1. The van der Waals surface area contributed by atoms with Crippen LogP contribution in [0.2, 0.25) is 0 Å². The molecule has 1 amide bonds. The Morgan fingerprint density at radius 3 is 2.63 bits per heavy atom. The van der Waals surface area contributed by atoms with Gasteiger partial charge in [-0.1, -0.05) is 42.5 Å². The second kappa shape index (κ2) is 7.60. The molecular weight excluding hydrogens is 402 g/mol. The first-order chi connectivity index (χ1) is 14.7. The van der Waals surface area contributed by atoms with Gasteiger partial charge in [0.2, 0.25) is 5.91 Å². The van der Waals surface area contributed by atoms with Gasteiger partial charge in [-0.05, 0) is 45.6 Å². The summed E-state index contributed by atoms with van der Waals surface area (Å²) in [5, 5.41) is 10.3. The van der Waals surface area contributed by atoms with Crippen LogP contribution in [-0.2, 0) is 11.3 Å². The normalized spacial score (nSPS) is 15.5. The van der Waals surface area contributed by atoms with E-state index >= 15 is 0 Å². The molecule has 1 atom stereocenters. The van der Waals surface area contributed by atoms with Crippen molar-refractivity contribution in [2.45, 2.75) is 12.6 Å². The third-order valence-corrected chi connectivity index (χ3v) is 5.77. The molecule has 0 N–H and O–H groups in total. The Morgan fingerprint density at radius 2 is 1.83 bits per heavy atom. The van der Waals surface area contributed by atoms with E-state index in [0.717, 1.165) is 10.2 Å². The predicted molar refractivity (Wildman–Crippen MR) is 112 cm³/mol. The van der Waals surface area contributed by atoms with Crippen molar-refractivity contribution in [1.29, 1.82) is 0 Å². The van der Waals surface area contributed by atoms with Gasteiger partial charge in [0, 0.05) is 0 Å². The molecule has 1 aliphatic rings. The lowest BCUT2D eigenvalue weighted by Crippen LogP contribution is -2.44. The van der Waals surface area contributed by atoms with Crippen LogP contribution >= 0.6 is 11.3 Å². The highest BCUT2D eigenvalue weighted by molar-refractivity contribution is 7.12. The van der Waals surface area contributed by atoms with Crippen LogP contribution in [0.15, 0.2) is 76.9 Å². The Morgan fingerprint density at radius 1 is 1.03 bits per heavy atom. The molecule has 4 aromatic rings. The van der Waals surface area contributed by atoms with Crippen molar-refractivity contribution in [3.8, 4) is 10.8 Å². The number of ether oxygens (including phenoxy) is 1. The highest BCUT2D eigenvalue weighted by Crippen LogP contribution is 2.39. The summed E-state index contributed by atoms with van der Waals surface area (Å²) in [7, 11) is 0. The van der Waals surface area contributed by atoms with Crippen molar-refractivity contribution in [1.82, 2.24) is 19.8 Å². The first-order valence-corrected chi connectivity index (χ1v) is 10.3. The molecule has 9 heteroatoms. The van der Waals surface area contributed by atoms with E-state index in [2.05, 4.69) is 10.4 Å². The van der Waals surface area contributed by atoms with Gasteiger partial charge in [0.05, 0.1) is 11.7 Å². The van der Waals surface area contributed by atoms with Crippen LogP contribution in [0.25, 0.3) is 5.00 Å². The number of tetrazole rings is 1. The Labute approximate surface area is 175 Å². The summed E-state index contributed by atoms with van der Waals surface area (Å²) in [5.41, 5.74) is 1.17. The highest BCUT2D eigenvalue weighted by Gasteiger charge is 2.33. The second-order valence-electron chi connectivity index (χ2n) is 6.75. The SMILES string of the molecule is O=C(Cn1nnn(-c2cccs2)c1=O)N1c2ccccc2OCC1c1ccccc1. The maximum Gasteiger partial charge on any atom is 0.369 e. The van der Waals surface area contributed by atoms with Gasteiger partial charge in [-0.25, -0.2) is 4.79 Å². The van der Waals surface area contributed by atoms with Crippen molar-refractivity contribution < 1.29 is 9.53 Å². The second-order valence-corrected chi connectivity index (χ2v) is 7.68. The summed E-state index contributed by atoms with van der Waals surface area (Å²) in [6, 6.07) is 20.4. The summed E-state index contributed by atoms with van der Waals surface area (Å²) < 4.78 is 8.18. The standard InChI is InChI=1S/C21H17N5O3S/c27-19(13-24-21(28)26(23-22-24)20-11-6-12-30-20)25-16-9-4-5-10-18(16)29-14-17(25)15-7-2-1-3-8-15/h1-12,17H,13-14H2. The number of nitrogens with zero attached hydrogens (tertiary/aromatic N) is 5. The van der Waals surface area contributed by atoms with Gasteiger partial charge in [0.15, 0.2) is 0 Å². The van der Waals surface area contributed by atoms with Crippen molar-refractivity contribution >= 4 is 22.9 Å². The average molecular weight is 419 g/mol. The van der Waals surface area contributed by atoms with Crippen LogP contribution in [0.3, 0.4) is 0 Å². The number of fused-ring (bicyclic) bond motifs is 1. The minimum atomic E-state index is -0.455. The molecule has 0 saturated carbocycles. The number of hydrogen-bond acceptors (Lipinski definition) is 6. The van der Waals surface area contributed by atoms with Gasteiger partial charge < -0.3 is 4.74 Å². The number of thiophene rings is 1. The van der Waals surface area contributed by atoms with Gasteiger partial charge in [-0.15, -0.1) is 11.3 Å². The number of anilines is 1. The largest absolute Gasteiger partial charge is 0.489 e. The molecule has 3 heterocycles. The summed E-state index contributed by atoms with van der Waals surface area (Å²) in [6.07, 6.45) is 0. The molecule has 0 radical (unpaired) electrons. The van der Waals surface area contributed by atoms with E-state index in [1.54, 1.807) is 11.0 Å². The molecule has 2 aromatic carbocycles. The molecule has 0 aliphatic carbocycles. The van der Waals surface area contributed by atoms with E-state index in [4.69, 9.17) is 4.74 Å². The molecular formula is C21H17N5O3S. The molecule has 0 saturated heterocycles. The number of benzene rings is 2. The number of para-hydroxylation sites is 2.